The number of hydrogen-bond acceptors (Lipinski definition) is 5. The maximum atomic E-state index is 11.1. The van der Waals surface area contributed by atoms with Crippen LogP contribution in [0.5, 0.6) is 0 Å². The van der Waals surface area contributed by atoms with E-state index in [1.54, 1.807) is 12.1 Å². The SMILES string of the molecule is NOS(=O)(=O)c1ccc(CCO)cc1. The van der Waals surface area contributed by atoms with Crippen molar-refractivity contribution in [1.29, 1.82) is 0 Å². The van der Waals surface area contributed by atoms with Crippen LogP contribution in [0.4, 0.5) is 0 Å². The van der Waals surface area contributed by atoms with E-state index in [0.29, 0.717) is 6.42 Å². The maximum Gasteiger partial charge on any atom is 0.312 e. The summed E-state index contributed by atoms with van der Waals surface area (Å²) in [5.74, 6) is 4.61. The van der Waals surface area contributed by atoms with Crippen LogP contribution in [0.25, 0.3) is 0 Å². The first kappa shape index (κ1) is 11.1. The first-order chi connectivity index (χ1) is 6.60. The monoisotopic (exact) mass is 217 g/mol. The van der Waals surface area contributed by atoms with Gasteiger partial charge in [-0.2, -0.15) is 18.6 Å². The quantitative estimate of drug-likeness (QED) is 0.682. The van der Waals surface area contributed by atoms with E-state index in [0.717, 1.165) is 5.56 Å². The summed E-state index contributed by atoms with van der Waals surface area (Å²) in [4.78, 5) is 0.00156. The number of aliphatic hydroxyl groups is 1. The topological polar surface area (TPSA) is 89.6 Å². The fourth-order valence-corrected chi connectivity index (χ4v) is 1.59. The molecule has 1 rings (SSSR count). The third kappa shape index (κ3) is 2.52. The number of aliphatic hydroxyl groups excluding tert-OH is 1. The predicted octanol–water partition coefficient (Wildman–Crippen LogP) is -0.200. The second-order valence-electron chi connectivity index (χ2n) is 2.67. The lowest BCUT2D eigenvalue weighted by atomic mass is 10.2. The molecule has 1 aromatic carbocycles. The minimum Gasteiger partial charge on any atom is -0.396 e. The van der Waals surface area contributed by atoms with Gasteiger partial charge in [-0.15, -0.1) is 0 Å². The van der Waals surface area contributed by atoms with E-state index >= 15 is 0 Å². The fraction of sp³-hybridized carbons (Fsp3) is 0.250. The van der Waals surface area contributed by atoms with Gasteiger partial charge in [0.05, 0.1) is 4.90 Å². The summed E-state index contributed by atoms with van der Waals surface area (Å²) >= 11 is 0. The Kier molecular flexibility index (Phi) is 3.59. The largest absolute Gasteiger partial charge is 0.396 e. The van der Waals surface area contributed by atoms with Crippen LogP contribution < -0.4 is 5.90 Å². The Bertz CT molecular complexity index is 384. The molecule has 5 nitrogen and oxygen atoms in total. The molecule has 78 valence electrons. The fourth-order valence-electron chi connectivity index (χ4n) is 1.01. The zero-order valence-electron chi connectivity index (χ0n) is 7.38. The summed E-state index contributed by atoms with van der Waals surface area (Å²) in [6.07, 6.45) is 0.490. The van der Waals surface area contributed by atoms with Crippen LogP contribution in [-0.4, -0.2) is 20.1 Å². The summed E-state index contributed by atoms with van der Waals surface area (Å²) in [6, 6.07) is 5.96. The van der Waals surface area contributed by atoms with Gasteiger partial charge in [0.25, 0.3) is 0 Å². The average molecular weight is 217 g/mol. The van der Waals surface area contributed by atoms with Crippen LogP contribution in [0.1, 0.15) is 5.56 Å². The van der Waals surface area contributed by atoms with Gasteiger partial charge < -0.3 is 5.11 Å². The highest BCUT2D eigenvalue weighted by Crippen LogP contribution is 2.12. The van der Waals surface area contributed by atoms with E-state index in [1.807, 2.05) is 0 Å². The molecule has 0 aliphatic heterocycles. The number of rotatable bonds is 4. The molecule has 0 amide bonds. The molecule has 0 aromatic heterocycles. The summed E-state index contributed by atoms with van der Waals surface area (Å²) in [5.41, 5.74) is 0.850. The summed E-state index contributed by atoms with van der Waals surface area (Å²) in [7, 11) is -3.81. The van der Waals surface area contributed by atoms with Gasteiger partial charge >= 0.3 is 10.1 Å². The summed E-state index contributed by atoms with van der Waals surface area (Å²) < 4.78 is 26.0. The normalized spacial score (nSPS) is 11.6. The minimum absolute atomic E-state index is 0.00156. The Balaban J connectivity index is 2.94. The molecule has 0 unspecified atom stereocenters. The molecule has 0 saturated carbocycles. The van der Waals surface area contributed by atoms with Crippen LogP contribution in [-0.2, 0) is 20.8 Å². The molecule has 6 heteroatoms. The van der Waals surface area contributed by atoms with Gasteiger partial charge in [0.2, 0.25) is 0 Å². The van der Waals surface area contributed by atoms with Crippen molar-refractivity contribution < 1.29 is 17.8 Å². The lowest BCUT2D eigenvalue weighted by Crippen LogP contribution is -2.11. The van der Waals surface area contributed by atoms with Gasteiger partial charge in [-0.3, -0.25) is 0 Å². The van der Waals surface area contributed by atoms with E-state index in [9.17, 15) is 8.42 Å². The third-order valence-corrected chi connectivity index (χ3v) is 2.84. The molecule has 0 spiro atoms. The van der Waals surface area contributed by atoms with Crippen molar-refractivity contribution in [2.75, 3.05) is 6.61 Å². The highest BCUT2D eigenvalue weighted by Gasteiger charge is 2.12. The molecule has 0 aliphatic carbocycles. The second kappa shape index (κ2) is 4.52. The van der Waals surface area contributed by atoms with Crippen molar-refractivity contribution >= 4 is 10.1 Å². The molecule has 0 bridgehead atoms. The lowest BCUT2D eigenvalue weighted by molar-refractivity contribution is 0.299. The van der Waals surface area contributed by atoms with Crippen LogP contribution in [0.15, 0.2) is 29.2 Å². The average Bonchev–Trinajstić information content (AvgIpc) is 2.19. The smallest absolute Gasteiger partial charge is 0.312 e. The Morgan fingerprint density at radius 3 is 2.29 bits per heavy atom. The number of benzene rings is 1. The lowest BCUT2D eigenvalue weighted by Gasteiger charge is -2.01. The number of hydrogen-bond donors (Lipinski definition) is 2. The van der Waals surface area contributed by atoms with Crippen molar-refractivity contribution in [1.82, 2.24) is 0 Å². The molecule has 0 saturated heterocycles. The summed E-state index contributed by atoms with van der Waals surface area (Å²) in [6.45, 7) is 0.0273. The molecule has 3 N–H and O–H groups in total. The van der Waals surface area contributed by atoms with Crippen molar-refractivity contribution in [2.24, 2.45) is 5.90 Å². The van der Waals surface area contributed by atoms with Crippen LogP contribution in [0, 0.1) is 0 Å². The van der Waals surface area contributed by atoms with Crippen LogP contribution >= 0.6 is 0 Å². The first-order valence-corrected chi connectivity index (χ1v) is 5.34. The molecule has 0 radical (unpaired) electrons. The standard InChI is InChI=1S/C8H11NO4S/c9-13-14(11,12)8-3-1-7(2-4-8)5-6-10/h1-4,10H,5-6,9H2. The molecular weight excluding hydrogens is 206 g/mol. The van der Waals surface area contributed by atoms with Gasteiger partial charge in [0, 0.05) is 6.61 Å². The zero-order valence-corrected chi connectivity index (χ0v) is 8.20. The molecule has 0 fully saturated rings. The molecule has 14 heavy (non-hydrogen) atoms. The molecular formula is C8H11NO4S. The molecule has 0 heterocycles. The van der Waals surface area contributed by atoms with Crippen molar-refractivity contribution in [3.8, 4) is 0 Å². The summed E-state index contributed by atoms with van der Waals surface area (Å²) in [5, 5.41) is 8.63. The Morgan fingerprint density at radius 2 is 1.86 bits per heavy atom. The van der Waals surface area contributed by atoms with Gasteiger partial charge in [-0.1, -0.05) is 12.1 Å². The van der Waals surface area contributed by atoms with E-state index in [1.165, 1.54) is 12.1 Å². The Hall–Kier alpha value is -0.950. The maximum absolute atomic E-state index is 11.1. The number of nitrogens with two attached hydrogens (primary N) is 1. The predicted molar refractivity (Wildman–Crippen MR) is 49.7 cm³/mol. The molecule has 1 aromatic rings. The van der Waals surface area contributed by atoms with Gasteiger partial charge in [-0.25, -0.2) is 0 Å². The third-order valence-electron chi connectivity index (χ3n) is 1.74. The Labute approximate surface area is 82.2 Å². The zero-order chi connectivity index (χ0) is 10.6. The first-order valence-electron chi connectivity index (χ1n) is 3.93. The van der Waals surface area contributed by atoms with E-state index in [2.05, 4.69) is 10.2 Å². The minimum atomic E-state index is -3.81. The van der Waals surface area contributed by atoms with E-state index in [-0.39, 0.29) is 11.5 Å². The Morgan fingerprint density at radius 1 is 1.29 bits per heavy atom. The van der Waals surface area contributed by atoms with E-state index in [4.69, 9.17) is 5.11 Å². The second-order valence-corrected chi connectivity index (χ2v) is 4.24. The van der Waals surface area contributed by atoms with Crippen molar-refractivity contribution in [3.05, 3.63) is 29.8 Å². The van der Waals surface area contributed by atoms with Crippen LogP contribution in [0.2, 0.25) is 0 Å². The molecule has 0 atom stereocenters. The van der Waals surface area contributed by atoms with E-state index < -0.39 is 10.1 Å². The molecule has 0 aliphatic rings. The van der Waals surface area contributed by atoms with Gasteiger partial charge in [0.15, 0.2) is 0 Å². The highest BCUT2D eigenvalue weighted by molar-refractivity contribution is 7.86. The van der Waals surface area contributed by atoms with Crippen molar-refractivity contribution in [3.63, 3.8) is 0 Å². The van der Waals surface area contributed by atoms with Gasteiger partial charge in [0.1, 0.15) is 0 Å². The highest BCUT2D eigenvalue weighted by atomic mass is 32.2. The van der Waals surface area contributed by atoms with Crippen molar-refractivity contribution in [2.45, 2.75) is 11.3 Å². The van der Waals surface area contributed by atoms with Gasteiger partial charge in [-0.05, 0) is 24.1 Å². The van der Waals surface area contributed by atoms with Crippen LogP contribution in [0.3, 0.4) is 0 Å².